The van der Waals surface area contributed by atoms with Gasteiger partial charge in [-0.15, -0.1) is 0 Å². The van der Waals surface area contributed by atoms with Crippen LogP contribution in [0.15, 0.2) is 48.1 Å². The van der Waals surface area contributed by atoms with Crippen molar-refractivity contribution in [3.05, 3.63) is 48.1 Å². The minimum absolute atomic E-state index is 0.0243. The van der Waals surface area contributed by atoms with Crippen LogP contribution in [0, 0.1) is 11.8 Å². The quantitative estimate of drug-likeness (QED) is 0.0824. The van der Waals surface area contributed by atoms with Gasteiger partial charge >= 0.3 is 12.1 Å². The largest absolute Gasteiger partial charge is 0.457 e. The first-order valence-corrected chi connectivity index (χ1v) is 19.2. The van der Waals surface area contributed by atoms with Gasteiger partial charge in [0.2, 0.25) is 0 Å². The molecule has 4 heterocycles. The van der Waals surface area contributed by atoms with E-state index < -0.39 is 47.7 Å². The number of rotatable bonds is 13. The number of methoxy groups -OCH3 is 1. The van der Waals surface area contributed by atoms with E-state index in [-0.39, 0.29) is 55.2 Å². The van der Waals surface area contributed by atoms with E-state index in [1.165, 1.54) is 24.2 Å². The van der Waals surface area contributed by atoms with E-state index >= 15 is 0 Å². The van der Waals surface area contributed by atoms with Crippen molar-refractivity contribution in [2.24, 2.45) is 11.8 Å². The second-order valence-corrected chi connectivity index (χ2v) is 15.7. The van der Waals surface area contributed by atoms with Crippen LogP contribution in [-0.4, -0.2) is 148 Å². The van der Waals surface area contributed by atoms with E-state index in [9.17, 15) is 34.5 Å². The predicted molar refractivity (Wildman–Crippen MR) is 200 cm³/mol. The number of carbonyl (C=O) groups excluding carboxylic acids is 4. The highest BCUT2D eigenvalue weighted by Crippen LogP contribution is 2.37. The number of aliphatic hydroxyl groups is 3. The molecule has 4 aliphatic heterocycles. The minimum atomic E-state index is -1.17. The van der Waals surface area contributed by atoms with Crippen LogP contribution in [0.25, 0.3) is 0 Å². The Bertz CT molecular complexity index is 1430. The van der Waals surface area contributed by atoms with Crippen molar-refractivity contribution in [3.8, 4) is 0 Å². The maximum atomic E-state index is 13.5. The van der Waals surface area contributed by atoms with E-state index in [4.69, 9.17) is 18.9 Å². The third-order valence-corrected chi connectivity index (χ3v) is 11.2. The Hall–Kier alpha value is -3.40. The van der Waals surface area contributed by atoms with Gasteiger partial charge in [-0.1, -0.05) is 45.1 Å². The van der Waals surface area contributed by atoms with Crippen molar-refractivity contribution >= 4 is 23.9 Å². The number of hydrogen-bond acceptors (Lipinski definition) is 12. The predicted octanol–water partition coefficient (Wildman–Crippen LogP) is 2.91. The molecular weight excluding hydrogens is 698 g/mol. The van der Waals surface area contributed by atoms with Gasteiger partial charge in [0, 0.05) is 76.8 Å². The fourth-order valence-electron chi connectivity index (χ4n) is 7.24. The second kappa shape index (κ2) is 19.0. The Morgan fingerprint density at radius 3 is 2.43 bits per heavy atom. The number of aliphatic hydroxyl groups excluding tert-OH is 2. The molecule has 0 bridgehead atoms. The van der Waals surface area contributed by atoms with E-state index in [1.807, 2.05) is 40.7 Å². The summed E-state index contributed by atoms with van der Waals surface area (Å²) in [5, 5.41) is 32.1. The van der Waals surface area contributed by atoms with Crippen molar-refractivity contribution < 1.29 is 53.4 Å². The van der Waals surface area contributed by atoms with Crippen LogP contribution < -0.4 is 0 Å². The number of carbonyl (C=O) groups is 4. The highest BCUT2D eigenvalue weighted by molar-refractivity contribution is 6.12. The van der Waals surface area contributed by atoms with Crippen molar-refractivity contribution in [2.45, 2.75) is 121 Å². The molecule has 3 N–H and O–H groups in total. The zero-order chi connectivity index (χ0) is 39.8. The van der Waals surface area contributed by atoms with Crippen LogP contribution in [0.5, 0.6) is 0 Å². The van der Waals surface area contributed by atoms with Crippen molar-refractivity contribution in [3.63, 3.8) is 0 Å². The van der Waals surface area contributed by atoms with Gasteiger partial charge in [0.1, 0.15) is 11.7 Å². The van der Waals surface area contributed by atoms with E-state index in [2.05, 4.69) is 4.90 Å². The maximum absolute atomic E-state index is 13.5. The molecule has 0 aliphatic carbocycles. The zero-order valence-corrected chi connectivity index (χ0v) is 32.9. The number of esters is 1. The van der Waals surface area contributed by atoms with Gasteiger partial charge in [-0.2, -0.15) is 0 Å². The highest BCUT2D eigenvalue weighted by atomic mass is 16.6. The van der Waals surface area contributed by atoms with Crippen molar-refractivity contribution in [2.75, 3.05) is 46.4 Å². The summed E-state index contributed by atoms with van der Waals surface area (Å²) in [4.78, 5) is 55.2. The summed E-state index contributed by atoms with van der Waals surface area (Å²) in [5.74, 6) is -1.59. The number of allylic oxidation sites excluding steroid dienone is 2. The molecule has 0 aromatic carbocycles. The summed E-state index contributed by atoms with van der Waals surface area (Å²) in [6.45, 7) is 13.8. The minimum Gasteiger partial charge on any atom is -0.457 e. The number of piperazine rings is 1. The van der Waals surface area contributed by atoms with E-state index in [1.54, 1.807) is 36.1 Å². The molecule has 2 fully saturated rings. The Labute approximate surface area is 319 Å². The van der Waals surface area contributed by atoms with Crippen LogP contribution in [0.3, 0.4) is 0 Å². The number of epoxide rings is 1. The molecule has 0 radical (unpaired) electrons. The lowest BCUT2D eigenvalue weighted by atomic mass is 9.88. The normalized spacial score (nSPS) is 33.1. The molecule has 302 valence electrons. The van der Waals surface area contributed by atoms with Gasteiger partial charge in [0.15, 0.2) is 6.10 Å². The Kier molecular flexibility index (Phi) is 15.2. The van der Waals surface area contributed by atoms with Crippen molar-refractivity contribution in [1.82, 2.24) is 14.7 Å². The Morgan fingerprint density at radius 2 is 1.80 bits per heavy atom. The van der Waals surface area contributed by atoms with Crippen LogP contribution >= 0.6 is 0 Å². The number of imide groups is 1. The van der Waals surface area contributed by atoms with Gasteiger partial charge in [-0.05, 0) is 51.7 Å². The van der Waals surface area contributed by atoms with E-state index in [0.717, 1.165) is 0 Å². The molecule has 4 rings (SSSR count). The molecule has 2 saturated heterocycles. The maximum Gasteiger partial charge on any atom is 0.410 e. The summed E-state index contributed by atoms with van der Waals surface area (Å²) in [6, 6.07) is 0. The number of hydrogen-bond donors (Lipinski definition) is 3. The number of cyclic esters (lactones) is 1. The number of amides is 3. The van der Waals surface area contributed by atoms with Crippen LogP contribution in [0.2, 0.25) is 0 Å². The fourth-order valence-corrected chi connectivity index (χ4v) is 7.24. The Morgan fingerprint density at radius 1 is 1.13 bits per heavy atom. The zero-order valence-electron chi connectivity index (χ0n) is 32.9. The molecule has 0 aromatic rings. The Balaban J connectivity index is 1.42. The molecule has 0 saturated carbocycles. The first-order chi connectivity index (χ1) is 25.5. The van der Waals surface area contributed by atoms with Crippen LogP contribution in [0.4, 0.5) is 4.79 Å². The summed E-state index contributed by atoms with van der Waals surface area (Å²) in [7, 11) is 1.52. The average molecular weight is 760 g/mol. The number of ether oxygens (including phenoxy) is 4. The molecule has 14 heteroatoms. The lowest BCUT2D eigenvalue weighted by Gasteiger charge is -2.39. The number of nitrogens with zero attached hydrogens (tertiary/aromatic N) is 3. The molecule has 4 aliphatic rings. The summed E-state index contributed by atoms with van der Waals surface area (Å²) in [6.07, 6.45) is 8.79. The molecule has 3 amide bonds. The lowest BCUT2D eigenvalue weighted by Crippen LogP contribution is -2.52. The van der Waals surface area contributed by atoms with Crippen LogP contribution in [-0.2, 0) is 33.3 Å². The van der Waals surface area contributed by atoms with E-state index in [0.29, 0.717) is 57.6 Å². The summed E-state index contributed by atoms with van der Waals surface area (Å²) in [5.41, 5.74) is -1.49. The van der Waals surface area contributed by atoms with Gasteiger partial charge in [-0.3, -0.25) is 24.2 Å². The first-order valence-electron chi connectivity index (χ1n) is 19.2. The van der Waals surface area contributed by atoms with Gasteiger partial charge in [-0.25, -0.2) is 4.79 Å². The smallest absolute Gasteiger partial charge is 0.410 e. The molecule has 0 spiro atoms. The lowest BCUT2D eigenvalue weighted by molar-refractivity contribution is -0.151. The molecule has 10 atom stereocenters. The standard InChI is InChI=1S/C40H61N3O11/c1-8-30(45)28(4)37-31(52-37)25-39(5,50)16-9-10-26(2)36-27(3)11-12-32(40(6,51-7)17-15-29(44)24-35(48)54-36)53-38(49)42-21-18-41(19-22-42)20-23-43-33(46)13-14-34(43)47/h9-14,16,27-32,36-37,44-45,50H,8,15,17-25H2,1-7H3/b12-11+,16-9+,26-10+/t27-,28+,29+,30-,31+,32-,36+,37+,39?,40+/m0/s1. The third kappa shape index (κ3) is 11.8. The highest BCUT2D eigenvalue weighted by Gasteiger charge is 2.47. The topological polar surface area (TPSA) is 179 Å². The van der Waals surface area contributed by atoms with Gasteiger partial charge in [0.25, 0.3) is 11.8 Å². The van der Waals surface area contributed by atoms with Crippen molar-refractivity contribution in [1.29, 1.82) is 0 Å². The molecule has 0 aromatic heterocycles. The monoisotopic (exact) mass is 759 g/mol. The first kappa shape index (κ1) is 43.3. The molecule has 1 unspecified atom stereocenters. The summed E-state index contributed by atoms with van der Waals surface area (Å²) < 4.78 is 23.7. The SMILES string of the molecule is CC[C@H](O)[C@@H](C)[C@H]1O[C@@H]1CC(C)(O)/C=C/C=C(\C)[C@H]1OC(=O)C[C@H](O)CC[C@@](C)(OC)[C@@H](OC(=O)N2CCN(CCN3C(=O)C=CC3=O)CC2)/C=C/[C@@H]1C. The van der Waals surface area contributed by atoms with Gasteiger partial charge in [0.05, 0.1) is 36.4 Å². The second-order valence-electron chi connectivity index (χ2n) is 15.7. The molecule has 54 heavy (non-hydrogen) atoms. The average Bonchev–Trinajstić information content (AvgIpc) is 3.82. The third-order valence-electron chi connectivity index (χ3n) is 11.2. The fraction of sp³-hybridized carbons (Fsp3) is 0.700. The molecule has 14 nitrogen and oxygen atoms in total. The molecular formula is C40H61N3O11. The van der Waals surface area contributed by atoms with Crippen LogP contribution in [0.1, 0.15) is 73.6 Å². The summed E-state index contributed by atoms with van der Waals surface area (Å²) >= 11 is 0. The van der Waals surface area contributed by atoms with Gasteiger partial charge < -0.3 is 39.2 Å².